The van der Waals surface area contributed by atoms with E-state index in [9.17, 15) is 9.59 Å². The molecule has 0 N–H and O–H groups in total. The minimum absolute atomic E-state index is 0.0432. The molecule has 0 bridgehead atoms. The molecule has 3 atom stereocenters. The number of amides is 1. The second-order valence-electron chi connectivity index (χ2n) is 5.77. The second kappa shape index (κ2) is 5.77. The summed E-state index contributed by atoms with van der Waals surface area (Å²) in [6, 6.07) is -0.653. The van der Waals surface area contributed by atoms with Crippen LogP contribution in [0.25, 0.3) is 0 Å². The lowest BCUT2D eigenvalue weighted by Gasteiger charge is -2.31. The highest BCUT2D eigenvalue weighted by Crippen LogP contribution is 2.32. The maximum atomic E-state index is 12.2. The van der Waals surface area contributed by atoms with Crippen molar-refractivity contribution in [1.82, 2.24) is 4.90 Å². The summed E-state index contributed by atoms with van der Waals surface area (Å²) in [5.41, 5.74) is -0.623. The third kappa shape index (κ3) is 3.59. The van der Waals surface area contributed by atoms with Crippen LogP contribution >= 0.6 is 0 Å². The van der Waals surface area contributed by atoms with E-state index < -0.39 is 29.9 Å². The largest absolute Gasteiger partial charge is 0.467 e. The van der Waals surface area contributed by atoms with E-state index in [4.69, 9.17) is 14.2 Å². The highest BCUT2D eigenvalue weighted by Gasteiger charge is 2.47. The fourth-order valence-corrected chi connectivity index (χ4v) is 2.27. The summed E-state index contributed by atoms with van der Waals surface area (Å²) in [7, 11) is 2.82. The molecular weight excluding hydrogens is 250 g/mol. The molecule has 1 heterocycles. The third-order valence-electron chi connectivity index (χ3n) is 3.01. The zero-order chi connectivity index (χ0) is 14.8. The maximum Gasteiger partial charge on any atom is 0.413 e. The molecule has 1 fully saturated rings. The highest BCUT2D eigenvalue weighted by atomic mass is 16.6. The van der Waals surface area contributed by atoms with E-state index in [0.717, 1.165) is 0 Å². The van der Waals surface area contributed by atoms with Crippen molar-refractivity contribution in [3.63, 3.8) is 0 Å². The van der Waals surface area contributed by atoms with E-state index in [2.05, 4.69) is 0 Å². The van der Waals surface area contributed by atoms with Gasteiger partial charge in [-0.05, 0) is 27.2 Å². The summed E-state index contributed by atoms with van der Waals surface area (Å²) in [6.07, 6.45) is -0.525. The van der Waals surface area contributed by atoms with Crippen LogP contribution in [-0.4, -0.2) is 49.1 Å². The molecule has 1 rings (SSSR count). The molecule has 6 heteroatoms. The van der Waals surface area contributed by atoms with E-state index >= 15 is 0 Å². The molecule has 0 saturated carbocycles. The molecule has 0 spiro atoms. The van der Waals surface area contributed by atoms with E-state index in [1.807, 2.05) is 6.92 Å². The lowest BCUT2D eigenvalue weighted by Crippen LogP contribution is -2.48. The van der Waals surface area contributed by atoms with E-state index in [-0.39, 0.29) is 5.92 Å². The SMILES string of the molecule is COC(=O)[C@@H]1C[C@H](C)C(OC)N1C(=O)OC(C)(C)C. The van der Waals surface area contributed by atoms with Crippen molar-refractivity contribution >= 4 is 12.1 Å². The minimum atomic E-state index is -0.653. The number of likely N-dealkylation sites (tertiary alicyclic amines) is 1. The number of hydrogen-bond acceptors (Lipinski definition) is 5. The van der Waals surface area contributed by atoms with E-state index in [0.29, 0.717) is 6.42 Å². The highest BCUT2D eigenvalue weighted by molar-refractivity contribution is 5.82. The van der Waals surface area contributed by atoms with Crippen LogP contribution in [0.1, 0.15) is 34.1 Å². The predicted octanol–water partition coefficient (Wildman–Crippen LogP) is 1.78. The molecule has 1 unspecified atom stereocenters. The number of methoxy groups -OCH3 is 2. The summed E-state index contributed by atoms with van der Waals surface area (Å²) < 4.78 is 15.4. The fraction of sp³-hybridized carbons (Fsp3) is 0.846. The first-order chi connectivity index (χ1) is 8.71. The van der Waals surface area contributed by atoms with Crippen LogP contribution in [0.2, 0.25) is 0 Å². The van der Waals surface area contributed by atoms with Crippen LogP contribution in [0.5, 0.6) is 0 Å². The molecule has 1 aliphatic heterocycles. The van der Waals surface area contributed by atoms with E-state index in [1.165, 1.54) is 19.1 Å². The number of carbonyl (C=O) groups excluding carboxylic acids is 2. The van der Waals surface area contributed by atoms with Gasteiger partial charge in [0.1, 0.15) is 17.9 Å². The van der Waals surface area contributed by atoms with Gasteiger partial charge in [0, 0.05) is 13.0 Å². The molecule has 19 heavy (non-hydrogen) atoms. The quantitative estimate of drug-likeness (QED) is 0.717. The Morgan fingerprint density at radius 3 is 2.21 bits per heavy atom. The van der Waals surface area contributed by atoms with Crippen LogP contribution < -0.4 is 0 Å². The smallest absolute Gasteiger partial charge is 0.413 e. The number of carbonyl (C=O) groups is 2. The van der Waals surface area contributed by atoms with Crippen molar-refractivity contribution in [2.45, 2.75) is 52.0 Å². The van der Waals surface area contributed by atoms with Gasteiger partial charge in [-0.2, -0.15) is 0 Å². The van der Waals surface area contributed by atoms with Gasteiger partial charge < -0.3 is 14.2 Å². The zero-order valence-electron chi connectivity index (χ0n) is 12.4. The molecule has 6 nitrogen and oxygen atoms in total. The Labute approximate surface area is 114 Å². The molecule has 110 valence electrons. The standard InChI is InChI=1S/C13H23NO5/c1-8-7-9(11(15)18-6)14(10(8)17-5)12(16)19-13(2,3)4/h8-10H,7H2,1-6H3/t8-,9-,10?/m0/s1. The van der Waals surface area contributed by atoms with Gasteiger partial charge in [-0.1, -0.05) is 6.92 Å². The Bertz CT molecular complexity index is 349. The minimum Gasteiger partial charge on any atom is -0.467 e. The van der Waals surface area contributed by atoms with Gasteiger partial charge in [0.15, 0.2) is 0 Å². The van der Waals surface area contributed by atoms with Crippen molar-refractivity contribution in [1.29, 1.82) is 0 Å². The Kier molecular flexibility index (Phi) is 4.79. The molecular formula is C13H23NO5. The van der Waals surface area contributed by atoms with Gasteiger partial charge >= 0.3 is 12.1 Å². The summed E-state index contributed by atoms with van der Waals surface area (Å²) in [5, 5.41) is 0. The maximum absolute atomic E-state index is 12.2. The molecule has 0 aromatic rings. The normalized spacial score (nSPS) is 27.3. The topological polar surface area (TPSA) is 65.1 Å². The Balaban J connectivity index is 2.95. The van der Waals surface area contributed by atoms with Crippen LogP contribution in [-0.2, 0) is 19.0 Å². The number of nitrogens with zero attached hydrogens (tertiary/aromatic N) is 1. The molecule has 1 aliphatic rings. The Morgan fingerprint density at radius 2 is 1.79 bits per heavy atom. The van der Waals surface area contributed by atoms with Crippen molar-refractivity contribution in [3.8, 4) is 0 Å². The number of hydrogen-bond donors (Lipinski definition) is 0. The predicted molar refractivity (Wildman–Crippen MR) is 68.5 cm³/mol. The van der Waals surface area contributed by atoms with Crippen molar-refractivity contribution in [3.05, 3.63) is 0 Å². The van der Waals surface area contributed by atoms with Crippen LogP contribution in [0, 0.1) is 5.92 Å². The third-order valence-corrected chi connectivity index (χ3v) is 3.01. The first-order valence-corrected chi connectivity index (χ1v) is 6.33. The molecule has 1 amide bonds. The van der Waals surface area contributed by atoms with Gasteiger partial charge in [0.05, 0.1) is 7.11 Å². The molecule has 0 radical (unpaired) electrons. The van der Waals surface area contributed by atoms with Crippen molar-refractivity contribution in [2.75, 3.05) is 14.2 Å². The van der Waals surface area contributed by atoms with Crippen molar-refractivity contribution < 1.29 is 23.8 Å². The molecule has 1 saturated heterocycles. The van der Waals surface area contributed by atoms with Gasteiger partial charge in [0.25, 0.3) is 0 Å². The summed E-state index contributed by atoms with van der Waals surface area (Å²) >= 11 is 0. The Hall–Kier alpha value is -1.30. The van der Waals surface area contributed by atoms with Crippen LogP contribution in [0.3, 0.4) is 0 Å². The number of ether oxygens (including phenoxy) is 3. The molecule has 0 aromatic heterocycles. The Morgan fingerprint density at radius 1 is 1.21 bits per heavy atom. The van der Waals surface area contributed by atoms with Gasteiger partial charge in [-0.3, -0.25) is 4.90 Å². The van der Waals surface area contributed by atoms with Crippen LogP contribution in [0.15, 0.2) is 0 Å². The van der Waals surface area contributed by atoms with Gasteiger partial charge in [0.2, 0.25) is 0 Å². The van der Waals surface area contributed by atoms with Crippen LogP contribution in [0.4, 0.5) is 4.79 Å². The monoisotopic (exact) mass is 273 g/mol. The first kappa shape index (κ1) is 15.8. The molecule has 0 aromatic carbocycles. The lowest BCUT2D eigenvalue weighted by molar-refractivity contribution is -0.148. The average Bonchev–Trinajstić information content (AvgIpc) is 2.62. The zero-order valence-corrected chi connectivity index (χ0v) is 12.4. The molecule has 0 aliphatic carbocycles. The average molecular weight is 273 g/mol. The number of rotatable bonds is 2. The first-order valence-electron chi connectivity index (χ1n) is 6.33. The second-order valence-corrected chi connectivity index (χ2v) is 5.77. The fourth-order valence-electron chi connectivity index (χ4n) is 2.27. The van der Waals surface area contributed by atoms with E-state index in [1.54, 1.807) is 20.8 Å². The number of esters is 1. The summed E-state index contributed by atoms with van der Waals surface area (Å²) in [4.78, 5) is 25.3. The summed E-state index contributed by atoms with van der Waals surface area (Å²) in [6.45, 7) is 7.26. The van der Waals surface area contributed by atoms with Gasteiger partial charge in [-0.25, -0.2) is 9.59 Å². The van der Waals surface area contributed by atoms with Crippen molar-refractivity contribution in [2.24, 2.45) is 5.92 Å². The van der Waals surface area contributed by atoms with Gasteiger partial charge in [-0.15, -0.1) is 0 Å². The summed E-state index contributed by atoms with van der Waals surface area (Å²) in [5.74, 6) is -0.404. The lowest BCUT2D eigenvalue weighted by atomic mass is 10.1.